The Kier molecular flexibility index (Phi) is 5.47. The number of rotatable bonds is 5. The summed E-state index contributed by atoms with van der Waals surface area (Å²) < 4.78 is 0. The van der Waals surface area contributed by atoms with Gasteiger partial charge in [0.25, 0.3) is 0 Å². The van der Waals surface area contributed by atoms with Crippen molar-refractivity contribution in [2.75, 3.05) is 6.54 Å². The van der Waals surface area contributed by atoms with Gasteiger partial charge in [-0.1, -0.05) is 36.2 Å². The van der Waals surface area contributed by atoms with Crippen LogP contribution in [0.15, 0.2) is 29.6 Å². The van der Waals surface area contributed by atoms with Crippen molar-refractivity contribution < 1.29 is 5.11 Å². The van der Waals surface area contributed by atoms with Gasteiger partial charge in [-0.25, -0.2) is 0 Å². The van der Waals surface area contributed by atoms with Crippen LogP contribution in [0.4, 0.5) is 0 Å². The SMILES string of the molecule is CCc1ccsc1C(O)C(CN)c1ccc(Cl)c(Cl)c1. The molecule has 5 heteroatoms. The second-order valence-corrected chi connectivity index (χ2v) is 6.39. The van der Waals surface area contributed by atoms with Crippen LogP contribution in [0, 0.1) is 0 Å². The molecule has 108 valence electrons. The minimum Gasteiger partial charge on any atom is -0.387 e. The third-order valence-electron chi connectivity index (χ3n) is 3.44. The van der Waals surface area contributed by atoms with E-state index in [1.54, 1.807) is 23.5 Å². The topological polar surface area (TPSA) is 46.2 Å². The van der Waals surface area contributed by atoms with Gasteiger partial charge in [-0.05, 0) is 41.1 Å². The van der Waals surface area contributed by atoms with Crippen molar-refractivity contribution in [1.82, 2.24) is 0 Å². The van der Waals surface area contributed by atoms with Gasteiger partial charge in [-0.2, -0.15) is 0 Å². The van der Waals surface area contributed by atoms with E-state index in [0.29, 0.717) is 16.6 Å². The van der Waals surface area contributed by atoms with Gasteiger partial charge in [-0.15, -0.1) is 11.3 Å². The Hall–Kier alpha value is -0.580. The molecule has 2 aromatic rings. The second kappa shape index (κ2) is 6.92. The Labute approximate surface area is 133 Å². The first kappa shape index (κ1) is 15.8. The molecular formula is C15H17Cl2NOS. The predicted molar refractivity (Wildman–Crippen MR) is 86.9 cm³/mol. The average molecular weight is 330 g/mol. The molecule has 0 spiro atoms. The van der Waals surface area contributed by atoms with Crippen LogP contribution < -0.4 is 5.73 Å². The summed E-state index contributed by atoms with van der Waals surface area (Å²) in [6, 6.07) is 7.44. The van der Waals surface area contributed by atoms with E-state index in [-0.39, 0.29) is 5.92 Å². The highest BCUT2D eigenvalue weighted by molar-refractivity contribution is 7.10. The Balaban J connectivity index is 2.34. The third-order valence-corrected chi connectivity index (χ3v) is 5.21. The normalized spacial score (nSPS) is 14.2. The highest BCUT2D eigenvalue weighted by Crippen LogP contribution is 2.37. The van der Waals surface area contributed by atoms with Gasteiger partial charge >= 0.3 is 0 Å². The van der Waals surface area contributed by atoms with Crippen molar-refractivity contribution in [1.29, 1.82) is 0 Å². The molecule has 0 radical (unpaired) electrons. The summed E-state index contributed by atoms with van der Waals surface area (Å²) in [5.41, 5.74) is 7.93. The molecule has 20 heavy (non-hydrogen) atoms. The van der Waals surface area contributed by atoms with E-state index in [2.05, 4.69) is 6.92 Å². The first-order valence-corrected chi connectivity index (χ1v) is 8.11. The molecule has 0 fully saturated rings. The highest BCUT2D eigenvalue weighted by atomic mass is 35.5. The van der Waals surface area contributed by atoms with Crippen molar-refractivity contribution in [3.63, 3.8) is 0 Å². The van der Waals surface area contributed by atoms with Gasteiger partial charge in [-0.3, -0.25) is 0 Å². The number of nitrogens with two attached hydrogens (primary N) is 1. The van der Waals surface area contributed by atoms with Crippen LogP contribution in [0.25, 0.3) is 0 Å². The fourth-order valence-corrected chi connectivity index (χ4v) is 3.62. The molecule has 0 saturated heterocycles. The van der Waals surface area contributed by atoms with E-state index in [4.69, 9.17) is 28.9 Å². The number of aliphatic hydroxyl groups excluding tert-OH is 1. The van der Waals surface area contributed by atoms with Gasteiger partial charge < -0.3 is 10.8 Å². The zero-order chi connectivity index (χ0) is 14.7. The van der Waals surface area contributed by atoms with Crippen molar-refractivity contribution in [2.24, 2.45) is 5.73 Å². The first-order valence-electron chi connectivity index (χ1n) is 6.47. The molecule has 0 saturated carbocycles. The van der Waals surface area contributed by atoms with Crippen LogP contribution >= 0.6 is 34.5 Å². The number of benzene rings is 1. The lowest BCUT2D eigenvalue weighted by Gasteiger charge is -2.22. The maximum atomic E-state index is 10.6. The van der Waals surface area contributed by atoms with Crippen LogP contribution in [-0.2, 0) is 6.42 Å². The van der Waals surface area contributed by atoms with Crippen molar-refractivity contribution in [3.8, 4) is 0 Å². The zero-order valence-corrected chi connectivity index (χ0v) is 13.5. The predicted octanol–water partition coefficient (Wildman–Crippen LogP) is 4.39. The van der Waals surface area contributed by atoms with Crippen molar-refractivity contribution in [2.45, 2.75) is 25.4 Å². The zero-order valence-electron chi connectivity index (χ0n) is 11.1. The summed E-state index contributed by atoms with van der Waals surface area (Å²) >= 11 is 13.5. The van der Waals surface area contributed by atoms with Crippen molar-refractivity contribution >= 4 is 34.5 Å². The van der Waals surface area contributed by atoms with Gasteiger partial charge in [0, 0.05) is 17.3 Å². The van der Waals surface area contributed by atoms with E-state index >= 15 is 0 Å². The molecule has 2 atom stereocenters. The standard InChI is InChI=1S/C15H17Cl2NOS/c1-2-9-5-6-20-15(9)14(19)11(8-18)10-3-4-12(16)13(17)7-10/h3-7,11,14,19H,2,8,18H2,1H3. The number of hydrogen-bond donors (Lipinski definition) is 2. The smallest absolute Gasteiger partial charge is 0.0965 e. The minimum atomic E-state index is -0.618. The van der Waals surface area contributed by atoms with Crippen LogP contribution in [0.3, 0.4) is 0 Å². The van der Waals surface area contributed by atoms with E-state index < -0.39 is 6.10 Å². The van der Waals surface area contributed by atoms with E-state index in [1.807, 2.05) is 17.5 Å². The van der Waals surface area contributed by atoms with Crippen molar-refractivity contribution in [3.05, 3.63) is 55.7 Å². The summed E-state index contributed by atoms with van der Waals surface area (Å²) in [6.07, 6.45) is 0.279. The molecule has 0 aliphatic carbocycles. The lowest BCUT2D eigenvalue weighted by molar-refractivity contribution is 0.150. The Morgan fingerprint density at radius 1 is 1.25 bits per heavy atom. The molecule has 3 N–H and O–H groups in total. The molecule has 0 aliphatic heterocycles. The average Bonchev–Trinajstić information content (AvgIpc) is 2.91. The summed E-state index contributed by atoms with van der Waals surface area (Å²) in [5, 5.41) is 13.6. The number of hydrogen-bond acceptors (Lipinski definition) is 3. The van der Waals surface area contributed by atoms with Crippen LogP contribution in [0.2, 0.25) is 10.0 Å². The lowest BCUT2D eigenvalue weighted by atomic mass is 9.91. The van der Waals surface area contributed by atoms with Gasteiger partial charge in [0.15, 0.2) is 0 Å². The molecule has 2 rings (SSSR count). The molecule has 0 bridgehead atoms. The van der Waals surface area contributed by atoms with Crippen LogP contribution in [0.5, 0.6) is 0 Å². The number of aryl methyl sites for hydroxylation is 1. The number of thiophene rings is 1. The number of aliphatic hydroxyl groups is 1. The molecule has 0 amide bonds. The summed E-state index contributed by atoms with van der Waals surface area (Å²) in [4.78, 5) is 0.981. The third kappa shape index (κ3) is 3.18. The summed E-state index contributed by atoms with van der Waals surface area (Å²) in [5.74, 6) is -0.186. The fourth-order valence-electron chi connectivity index (χ4n) is 2.27. The maximum absolute atomic E-state index is 10.6. The van der Waals surface area contributed by atoms with Crippen LogP contribution in [-0.4, -0.2) is 11.7 Å². The largest absolute Gasteiger partial charge is 0.387 e. The minimum absolute atomic E-state index is 0.186. The summed E-state index contributed by atoms with van der Waals surface area (Å²) in [7, 11) is 0. The van der Waals surface area contributed by atoms with E-state index in [9.17, 15) is 5.11 Å². The Bertz CT molecular complexity index is 585. The fraction of sp³-hybridized carbons (Fsp3) is 0.333. The second-order valence-electron chi connectivity index (χ2n) is 4.62. The quantitative estimate of drug-likeness (QED) is 0.854. The monoisotopic (exact) mass is 329 g/mol. The van der Waals surface area contributed by atoms with Crippen LogP contribution in [0.1, 0.15) is 34.9 Å². The lowest BCUT2D eigenvalue weighted by Crippen LogP contribution is -2.20. The van der Waals surface area contributed by atoms with Gasteiger partial charge in [0.1, 0.15) is 0 Å². The van der Waals surface area contributed by atoms with E-state index in [1.165, 1.54) is 5.56 Å². The van der Waals surface area contributed by atoms with Gasteiger partial charge in [0.2, 0.25) is 0 Å². The van der Waals surface area contributed by atoms with Gasteiger partial charge in [0.05, 0.1) is 16.1 Å². The summed E-state index contributed by atoms with van der Waals surface area (Å²) in [6.45, 7) is 2.43. The molecule has 1 aromatic carbocycles. The molecule has 1 aromatic heterocycles. The Morgan fingerprint density at radius 2 is 2.00 bits per heavy atom. The molecule has 1 heterocycles. The molecule has 2 nitrogen and oxygen atoms in total. The highest BCUT2D eigenvalue weighted by Gasteiger charge is 2.24. The molecule has 2 unspecified atom stereocenters. The maximum Gasteiger partial charge on any atom is 0.0965 e. The van der Waals surface area contributed by atoms with E-state index in [0.717, 1.165) is 16.9 Å². The first-order chi connectivity index (χ1) is 9.58. The molecular weight excluding hydrogens is 313 g/mol. The molecule has 0 aliphatic rings. The Morgan fingerprint density at radius 3 is 2.60 bits per heavy atom. The number of halogens is 2.